The zero-order valence-corrected chi connectivity index (χ0v) is 13.5. The van der Waals surface area contributed by atoms with Crippen LogP contribution in [-0.4, -0.2) is 37.5 Å². The summed E-state index contributed by atoms with van der Waals surface area (Å²) in [5.41, 5.74) is 0.354. The van der Waals surface area contributed by atoms with Gasteiger partial charge in [-0.1, -0.05) is 12.1 Å². The van der Waals surface area contributed by atoms with Gasteiger partial charge in [-0.3, -0.25) is 4.79 Å². The lowest BCUT2D eigenvalue weighted by Crippen LogP contribution is -2.40. The van der Waals surface area contributed by atoms with Gasteiger partial charge in [0, 0.05) is 19.0 Å². The Hall–Kier alpha value is -1.49. The molecule has 0 spiro atoms. The van der Waals surface area contributed by atoms with Crippen LogP contribution in [0.5, 0.6) is 0 Å². The first-order valence-corrected chi connectivity index (χ1v) is 8.49. The minimum absolute atomic E-state index is 0.116. The van der Waals surface area contributed by atoms with Crippen molar-refractivity contribution in [1.82, 2.24) is 10.2 Å². The van der Waals surface area contributed by atoms with Gasteiger partial charge in [0.1, 0.15) is 0 Å². The van der Waals surface area contributed by atoms with Crippen LogP contribution in [0.4, 0.5) is 8.78 Å². The van der Waals surface area contributed by atoms with Gasteiger partial charge in [-0.25, -0.2) is 8.78 Å². The molecule has 23 heavy (non-hydrogen) atoms. The number of carbonyl (C=O) groups excluding carboxylic acids is 1. The molecule has 0 aromatic heterocycles. The fourth-order valence-electron chi connectivity index (χ4n) is 3.64. The van der Waals surface area contributed by atoms with Crippen molar-refractivity contribution >= 4 is 5.91 Å². The summed E-state index contributed by atoms with van der Waals surface area (Å²) in [7, 11) is 1.96. The Kier molecular flexibility index (Phi) is 4.95. The molecule has 3 rings (SSSR count). The predicted molar refractivity (Wildman–Crippen MR) is 85.1 cm³/mol. The van der Waals surface area contributed by atoms with Crippen LogP contribution in [0.2, 0.25) is 0 Å². The van der Waals surface area contributed by atoms with Crippen LogP contribution in [0, 0.1) is 23.5 Å². The lowest BCUT2D eigenvalue weighted by molar-refractivity contribution is -0.134. The quantitative estimate of drug-likeness (QED) is 0.904. The predicted octanol–water partition coefficient (Wildman–Crippen LogP) is 2.92. The Morgan fingerprint density at radius 3 is 2.74 bits per heavy atom. The molecule has 0 bridgehead atoms. The summed E-state index contributed by atoms with van der Waals surface area (Å²) in [6.07, 6.45) is 3.87. The van der Waals surface area contributed by atoms with Crippen LogP contribution in [0.1, 0.15) is 37.2 Å². The highest BCUT2D eigenvalue weighted by Crippen LogP contribution is 2.49. The van der Waals surface area contributed by atoms with Gasteiger partial charge in [0.15, 0.2) is 11.6 Å². The number of nitrogens with one attached hydrogen (secondary N) is 1. The third-order valence-electron chi connectivity index (χ3n) is 5.22. The molecule has 1 N–H and O–H groups in total. The topological polar surface area (TPSA) is 32.3 Å². The third kappa shape index (κ3) is 3.55. The van der Waals surface area contributed by atoms with Gasteiger partial charge in [-0.2, -0.15) is 0 Å². The second-order valence-corrected chi connectivity index (χ2v) is 6.75. The molecule has 0 radical (unpaired) electrons. The largest absolute Gasteiger partial charge is 0.342 e. The van der Waals surface area contributed by atoms with E-state index in [1.54, 1.807) is 6.07 Å². The van der Waals surface area contributed by atoms with E-state index in [1.165, 1.54) is 6.07 Å². The fourth-order valence-corrected chi connectivity index (χ4v) is 3.64. The second-order valence-electron chi connectivity index (χ2n) is 6.75. The zero-order valence-electron chi connectivity index (χ0n) is 13.5. The average molecular weight is 322 g/mol. The van der Waals surface area contributed by atoms with Crippen LogP contribution in [0.25, 0.3) is 0 Å². The smallest absolute Gasteiger partial charge is 0.226 e. The first-order valence-electron chi connectivity index (χ1n) is 8.49. The number of hydrogen-bond donors (Lipinski definition) is 1. The summed E-state index contributed by atoms with van der Waals surface area (Å²) in [6.45, 7) is 2.60. The van der Waals surface area contributed by atoms with E-state index in [-0.39, 0.29) is 17.7 Å². The van der Waals surface area contributed by atoms with Crippen molar-refractivity contribution in [2.45, 2.75) is 31.6 Å². The average Bonchev–Trinajstić information content (AvgIpc) is 3.36. The molecule has 2 unspecified atom stereocenters. The molecule has 1 saturated carbocycles. The summed E-state index contributed by atoms with van der Waals surface area (Å²) in [5, 5.41) is 3.16. The van der Waals surface area contributed by atoms with Crippen molar-refractivity contribution in [1.29, 1.82) is 0 Å². The van der Waals surface area contributed by atoms with Crippen LogP contribution >= 0.6 is 0 Å². The maximum Gasteiger partial charge on any atom is 0.226 e. The summed E-state index contributed by atoms with van der Waals surface area (Å²) in [5.74, 6) is -1.14. The molecule has 2 atom stereocenters. The SMILES string of the molecule is CNCCC1CCN(C(=O)C2CC2c2cccc(F)c2F)CC1. The first-order chi connectivity index (χ1) is 11.1. The van der Waals surface area contributed by atoms with Gasteiger partial charge in [-0.15, -0.1) is 0 Å². The van der Waals surface area contributed by atoms with Gasteiger partial charge in [0.2, 0.25) is 5.91 Å². The summed E-state index contributed by atoms with van der Waals surface area (Å²) >= 11 is 0. The van der Waals surface area contributed by atoms with E-state index >= 15 is 0 Å². The zero-order chi connectivity index (χ0) is 16.4. The molecule has 1 aliphatic heterocycles. The van der Waals surface area contributed by atoms with Gasteiger partial charge in [0.25, 0.3) is 0 Å². The second kappa shape index (κ2) is 6.95. The van der Waals surface area contributed by atoms with E-state index in [2.05, 4.69) is 5.32 Å². The molecule has 1 amide bonds. The number of hydrogen-bond acceptors (Lipinski definition) is 2. The van der Waals surface area contributed by atoms with Crippen molar-refractivity contribution in [3.05, 3.63) is 35.4 Å². The van der Waals surface area contributed by atoms with Crippen LogP contribution in [-0.2, 0) is 4.79 Å². The Bertz CT molecular complexity index is 570. The molecule has 1 saturated heterocycles. The number of halogens is 2. The van der Waals surface area contributed by atoms with Crippen molar-refractivity contribution in [3.8, 4) is 0 Å². The van der Waals surface area contributed by atoms with Crippen molar-refractivity contribution < 1.29 is 13.6 Å². The minimum atomic E-state index is -0.828. The van der Waals surface area contributed by atoms with E-state index < -0.39 is 11.6 Å². The number of carbonyl (C=O) groups is 1. The molecule has 5 heteroatoms. The van der Waals surface area contributed by atoms with Gasteiger partial charge in [0.05, 0.1) is 0 Å². The maximum atomic E-state index is 13.8. The molecule has 1 aliphatic carbocycles. The molecule has 3 nitrogen and oxygen atoms in total. The minimum Gasteiger partial charge on any atom is -0.342 e. The van der Waals surface area contributed by atoms with Crippen LogP contribution in [0.3, 0.4) is 0 Å². The Morgan fingerprint density at radius 2 is 2.04 bits per heavy atom. The molecule has 1 heterocycles. The molecule has 1 aromatic carbocycles. The molecule has 2 aliphatic rings. The van der Waals surface area contributed by atoms with Crippen LogP contribution in [0.15, 0.2) is 18.2 Å². The number of benzene rings is 1. The van der Waals surface area contributed by atoms with Crippen molar-refractivity contribution in [2.75, 3.05) is 26.7 Å². The Morgan fingerprint density at radius 1 is 1.30 bits per heavy atom. The normalized spacial score (nSPS) is 24.7. The van der Waals surface area contributed by atoms with E-state index in [9.17, 15) is 13.6 Å². The highest BCUT2D eigenvalue weighted by molar-refractivity contribution is 5.83. The fraction of sp³-hybridized carbons (Fsp3) is 0.611. The molecule has 126 valence electrons. The number of likely N-dealkylation sites (tertiary alicyclic amines) is 1. The summed E-state index contributed by atoms with van der Waals surface area (Å²) in [4.78, 5) is 14.5. The molecular weight excluding hydrogens is 298 g/mol. The highest BCUT2D eigenvalue weighted by atomic mass is 19.2. The number of rotatable bonds is 5. The van der Waals surface area contributed by atoms with Crippen molar-refractivity contribution in [3.63, 3.8) is 0 Å². The number of amides is 1. The van der Waals surface area contributed by atoms with Gasteiger partial charge < -0.3 is 10.2 Å². The van der Waals surface area contributed by atoms with Gasteiger partial charge in [-0.05, 0) is 62.7 Å². The summed E-state index contributed by atoms with van der Waals surface area (Å²) < 4.78 is 27.2. The van der Waals surface area contributed by atoms with E-state index in [1.807, 2.05) is 11.9 Å². The van der Waals surface area contributed by atoms with E-state index in [0.29, 0.717) is 17.9 Å². The molecule has 2 fully saturated rings. The molecule has 1 aromatic rings. The van der Waals surface area contributed by atoms with E-state index in [0.717, 1.165) is 45.0 Å². The maximum absolute atomic E-state index is 13.8. The number of nitrogens with zero attached hydrogens (tertiary/aromatic N) is 1. The van der Waals surface area contributed by atoms with Crippen molar-refractivity contribution in [2.24, 2.45) is 11.8 Å². The first kappa shape index (κ1) is 16.4. The lowest BCUT2D eigenvalue weighted by atomic mass is 9.93. The van der Waals surface area contributed by atoms with Gasteiger partial charge >= 0.3 is 0 Å². The molecular formula is C18H24F2N2O. The Labute approximate surface area is 136 Å². The third-order valence-corrected chi connectivity index (χ3v) is 5.22. The number of piperidine rings is 1. The van der Waals surface area contributed by atoms with E-state index in [4.69, 9.17) is 0 Å². The van der Waals surface area contributed by atoms with Crippen LogP contribution < -0.4 is 5.32 Å². The lowest BCUT2D eigenvalue weighted by Gasteiger charge is -2.32. The monoisotopic (exact) mass is 322 g/mol. The summed E-state index contributed by atoms with van der Waals surface area (Å²) in [6, 6.07) is 4.23. The standard InChI is InChI=1S/C18H24F2N2O/c1-21-8-5-12-6-9-22(10-7-12)18(23)15-11-14(15)13-3-2-4-16(19)17(13)20/h2-4,12,14-15,21H,5-11H2,1H3. The highest BCUT2D eigenvalue weighted by Gasteiger charge is 2.47. The Balaban J connectivity index is 1.54.